The first-order chi connectivity index (χ1) is 25.2. The van der Waals surface area contributed by atoms with E-state index < -0.39 is 0 Å². The molecule has 1 atom stereocenters. The number of nitrogens with one attached hydrogen (secondary N) is 1. The van der Waals surface area contributed by atoms with Crippen LogP contribution in [0.5, 0.6) is 0 Å². The molecule has 11 rings (SSSR count). The van der Waals surface area contributed by atoms with Crippen LogP contribution in [0.2, 0.25) is 0 Å². The summed E-state index contributed by atoms with van der Waals surface area (Å²) in [6.45, 7) is 0. The average Bonchev–Trinajstić information content (AvgIpc) is 3.93. The van der Waals surface area contributed by atoms with Crippen molar-refractivity contribution in [3.8, 4) is 16.8 Å². The van der Waals surface area contributed by atoms with E-state index in [0.29, 0.717) is 0 Å². The number of benzene rings is 7. The molecule has 0 amide bonds. The minimum Gasteiger partial charge on any atom is -0.356 e. The zero-order valence-electron chi connectivity index (χ0n) is 28.7. The maximum atomic E-state index is 6.23. The number of aromatic nitrogens is 1. The SMILES string of the molecule is [B]c1ccc2c(c1)C1(C3=C(C=CC3)c3ccccc31)c1c[c-]ccc1-2.[Rf].c1ccc(Nc2ccc3c(c2)c2ccccc2n3-c2ccccc2)cc1. The number of fused-ring (bicyclic) bond motifs is 12. The van der Waals surface area contributed by atoms with Gasteiger partial charge in [-0.25, -0.2) is 0 Å². The fraction of sp³-hybridized carbons (Fsp3) is 0.0417. The van der Waals surface area contributed by atoms with E-state index in [1.54, 1.807) is 0 Å². The van der Waals surface area contributed by atoms with Crippen molar-refractivity contribution in [2.24, 2.45) is 0 Å². The van der Waals surface area contributed by atoms with Crippen LogP contribution in [0.15, 0.2) is 182 Å². The van der Waals surface area contributed by atoms with Gasteiger partial charge in [-0.15, -0.1) is 11.1 Å². The van der Waals surface area contributed by atoms with Crippen LogP contribution in [0.4, 0.5) is 11.4 Å². The fourth-order valence-electron chi connectivity index (χ4n) is 8.76. The molecule has 7 aromatic carbocycles. The van der Waals surface area contributed by atoms with Gasteiger partial charge in [0.15, 0.2) is 0 Å². The third-order valence-corrected chi connectivity index (χ3v) is 10.8. The molecule has 4 heteroatoms. The summed E-state index contributed by atoms with van der Waals surface area (Å²) in [5.41, 5.74) is 17.3. The second kappa shape index (κ2) is 11.9. The van der Waals surface area contributed by atoms with Gasteiger partial charge in [0.1, 0.15) is 7.85 Å². The van der Waals surface area contributed by atoms with Crippen LogP contribution >= 0.6 is 0 Å². The van der Waals surface area contributed by atoms with Crippen LogP contribution in [0.3, 0.4) is 0 Å². The Bertz CT molecular complexity index is 2710. The summed E-state index contributed by atoms with van der Waals surface area (Å²) in [7, 11) is 6.23. The van der Waals surface area contributed by atoms with Gasteiger partial charge in [0.05, 0.1) is 11.0 Å². The normalized spacial score (nSPS) is 15.8. The number of para-hydroxylation sites is 3. The molecule has 1 heterocycles. The van der Waals surface area contributed by atoms with Gasteiger partial charge < -0.3 is 9.88 Å². The van der Waals surface area contributed by atoms with E-state index in [2.05, 4.69) is 162 Å². The zero-order chi connectivity index (χ0) is 33.9. The Morgan fingerprint density at radius 3 is 2.19 bits per heavy atom. The van der Waals surface area contributed by atoms with Crippen LogP contribution in [0, 0.1) is 6.07 Å². The Hall–Kier alpha value is -7.32. The quantitative estimate of drug-likeness (QED) is 0.138. The Morgan fingerprint density at radius 1 is 0.596 bits per heavy atom. The number of nitrogens with zero attached hydrogens (tertiary/aromatic N) is 1. The molecule has 1 N–H and O–H groups in total. The smallest absolute Gasteiger partial charge is 0.113 e. The summed E-state index contributed by atoms with van der Waals surface area (Å²) < 4.78 is 2.33. The predicted molar refractivity (Wildman–Crippen MR) is 214 cm³/mol. The molecule has 2 radical (unpaired) electrons. The summed E-state index contributed by atoms with van der Waals surface area (Å²) in [6, 6.07) is 60.9. The molecule has 52 heavy (non-hydrogen) atoms. The average molecular weight is 915 g/mol. The molecule has 0 fully saturated rings. The van der Waals surface area contributed by atoms with E-state index in [1.165, 1.54) is 72.0 Å². The molecular weight excluding hydrogens is 882 g/mol. The van der Waals surface area contributed by atoms with Gasteiger partial charge in [-0.05, 0) is 82.8 Å². The predicted octanol–water partition coefficient (Wildman–Crippen LogP) is 10.8. The van der Waals surface area contributed by atoms with Gasteiger partial charge in [-0.3, -0.25) is 0 Å². The molecule has 1 spiro atoms. The van der Waals surface area contributed by atoms with Crippen molar-refractivity contribution < 1.29 is 0 Å². The Balaban J connectivity index is 0.000000136. The van der Waals surface area contributed by atoms with Crippen molar-refractivity contribution in [1.82, 2.24) is 4.57 Å². The minimum absolute atomic E-state index is 0. The first kappa shape index (κ1) is 30.7. The van der Waals surface area contributed by atoms with E-state index in [-0.39, 0.29) is 5.41 Å². The Morgan fingerprint density at radius 2 is 1.33 bits per heavy atom. The number of anilines is 2. The number of allylic oxidation sites excluding steroid dienone is 4. The third-order valence-electron chi connectivity index (χ3n) is 10.8. The van der Waals surface area contributed by atoms with Crippen molar-refractivity contribution >= 4 is 52.1 Å². The van der Waals surface area contributed by atoms with Gasteiger partial charge in [-0.2, -0.15) is 24.3 Å². The molecule has 0 saturated carbocycles. The van der Waals surface area contributed by atoms with Gasteiger partial charge in [0, 0.05) is 33.2 Å². The summed E-state index contributed by atoms with van der Waals surface area (Å²) in [5, 5.41) is 6.02. The third kappa shape index (κ3) is 4.41. The van der Waals surface area contributed by atoms with Crippen molar-refractivity contribution in [3.05, 3.63) is 210 Å². The number of hydrogen-bond donors (Lipinski definition) is 1. The molecule has 0 aliphatic heterocycles. The fourth-order valence-corrected chi connectivity index (χ4v) is 8.76. The Labute approximate surface area is 299 Å². The summed E-state index contributed by atoms with van der Waals surface area (Å²) in [6.07, 6.45) is 5.57. The summed E-state index contributed by atoms with van der Waals surface area (Å²) in [5.74, 6) is 0. The minimum atomic E-state index is -0.215. The van der Waals surface area contributed by atoms with Gasteiger partial charge in [0.2, 0.25) is 0 Å². The molecule has 1 aromatic heterocycles. The summed E-state index contributed by atoms with van der Waals surface area (Å²) >= 11 is 0. The van der Waals surface area contributed by atoms with E-state index in [9.17, 15) is 0 Å². The van der Waals surface area contributed by atoms with Crippen LogP contribution in [0.1, 0.15) is 28.7 Å². The van der Waals surface area contributed by atoms with Gasteiger partial charge >= 0.3 is 0 Å². The largest absolute Gasteiger partial charge is 0.356 e. The number of hydrogen-bond acceptors (Lipinski definition) is 1. The molecule has 0 bridgehead atoms. The van der Waals surface area contributed by atoms with Crippen LogP contribution in [0.25, 0.3) is 44.2 Å². The van der Waals surface area contributed by atoms with Crippen molar-refractivity contribution in [2.75, 3.05) is 5.32 Å². The second-order valence-electron chi connectivity index (χ2n) is 13.5. The molecule has 3 aliphatic carbocycles. The van der Waals surface area contributed by atoms with E-state index in [0.717, 1.165) is 23.3 Å². The zero-order valence-corrected chi connectivity index (χ0v) is 35.1. The van der Waals surface area contributed by atoms with Crippen molar-refractivity contribution in [2.45, 2.75) is 11.8 Å². The van der Waals surface area contributed by atoms with Crippen LogP contribution in [-0.2, 0) is 5.41 Å². The van der Waals surface area contributed by atoms with E-state index in [4.69, 9.17) is 7.85 Å². The van der Waals surface area contributed by atoms with Crippen molar-refractivity contribution in [3.63, 3.8) is 0 Å². The van der Waals surface area contributed by atoms with Crippen molar-refractivity contribution in [1.29, 1.82) is 0 Å². The maximum absolute atomic E-state index is 6.23. The molecule has 0 saturated heterocycles. The Kier molecular flexibility index (Phi) is 7.05. The van der Waals surface area contributed by atoms with Gasteiger partial charge in [-0.1, -0.05) is 120 Å². The molecule has 8 aromatic rings. The van der Waals surface area contributed by atoms with Gasteiger partial charge in [0.25, 0.3) is 0 Å². The first-order valence-corrected chi connectivity index (χ1v) is 17.5. The van der Waals surface area contributed by atoms with Crippen LogP contribution < -0.4 is 10.8 Å². The standard InChI is InChI=1S/C24H14B.C24H18N2.Rf/c25-15-12-13-19-17-7-2-4-10-21(17)24(23(19)14-15)20-9-3-1-6-16(20)18-8-5-11-22(18)24;1-3-9-18(10-4-1)25-19-15-16-24-22(17-19)21-13-7-8-14-23(21)26(24)20-11-5-2-6-12-20;/h1-3,5-10,12-14H,11H2;1-17,25H;/q-1;;. The first-order valence-electron chi connectivity index (χ1n) is 17.5. The molecule has 1 unspecified atom stereocenters. The van der Waals surface area contributed by atoms with Crippen LogP contribution in [-0.4, -0.2) is 12.4 Å². The summed E-state index contributed by atoms with van der Waals surface area (Å²) in [4.78, 5) is 0. The molecule has 2 nitrogen and oxygen atoms in total. The topological polar surface area (TPSA) is 17.0 Å². The monoisotopic (exact) mass is 914 g/mol. The number of rotatable bonds is 3. The van der Waals surface area contributed by atoms with E-state index >= 15 is 0 Å². The molecule has 3 aliphatic rings. The maximum Gasteiger partial charge on any atom is 0.113 e. The molecular formula is C48H32BN2Rf-. The van der Waals surface area contributed by atoms with E-state index in [1.807, 2.05) is 30.3 Å². The second-order valence-corrected chi connectivity index (χ2v) is 13.5. The molecule has 240 valence electrons.